The second kappa shape index (κ2) is 6.52. The van der Waals surface area contributed by atoms with Gasteiger partial charge in [-0.3, -0.25) is 4.79 Å². The van der Waals surface area contributed by atoms with Gasteiger partial charge in [-0.05, 0) is 33.1 Å². The van der Waals surface area contributed by atoms with Crippen molar-refractivity contribution in [1.82, 2.24) is 20.4 Å². The van der Waals surface area contributed by atoms with Gasteiger partial charge in [-0.1, -0.05) is 12.1 Å². The number of carbonyl (C=O) groups excluding carboxylic acids is 1. The SMILES string of the molecule is CCCNC(=O)[C@H]1CCCN(c2nc(C)nc3onc(C)c23)C1. The van der Waals surface area contributed by atoms with E-state index in [9.17, 15) is 4.79 Å². The van der Waals surface area contributed by atoms with Crippen LogP contribution in [-0.2, 0) is 4.79 Å². The molecule has 0 aromatic carbocycles. The van der Waals surface area contributed by atoms with Crippen LogP contribution in [0.15, 0.2) is 4.52 Å². The molecule has 124 valence electrons. The van der Waals surface area contributed by atoms with Crippen LogP contribution in [0.25, 0.3) is 11.1 Å². The molecule has 0 radical (unpaired) electrons. The highest BCUT2D eigenvalue weighted by molar-refractivity contribution is 5.88. The number of piperidine rings is 1. The summed E-state index contributed by atoms with van der Waals surface area (Å²) in [6.45, 7) is 8.08. The molecule has 1 N–H and O–H groups in total. The highest BCUT2D eigenvalue weighted by Crippen LogP contribution is 2.30. The molecular formula is C16H23N5O2. The molecule has 0 aliphatic carbocycles. The minimum Gasteiger partial charge on any atom is -0.356 e. The zero-order chi connectivity index (χ0) is 16.4. The summed E-state index contributed by atoms with van der Waals surface area (Å²) in [5.41, 5.74) is 1.30. The summed E-state index contributed by atoms with van der Waals surface area (Å²) >= 11 is 0. The number of aromatic nitrogens is 3. The van der Waals surface area contributed by atoms with E-state index in [0.29, 0.717) is 18.1 Å². The molecule has 0 spiro atoms. The maximum Gasteiger partial charge on any atom is 0.263 e. The molecule has 23 heavy (non-hydrogen) atoms. The number of aryl methyl sites for hydroxylation is 2. The molecule has 1 amide bonds. The second-order valence-electron chi connectivity index (χ2n) is 6.12. The van der Waals surface area contributed by atoms with E-state index in [2.05, 4.69) is 32.3 Å². The fourth-order valence-corrected chi connectivity index (χ4v) is 3.08. The Bertz CT molecular complexity index is 712. The minimum atomic E-state index is 0.000729. The van der Waals surface area contributed by atoms with E-state index in [1.807, 2.05) is 13.8 Å². The van der Waals surface area contributed by atoms with Crippen LogP contribution >= 0.6 is 0 Å². The summed E-state index contributed by atoms with van der Waals surface area (Å²) in [7, 11) is 0. The van der Waals surface area contributed by atoms with Crippen LogP contribution in [0, 0.1) is 19.8 Å². The van der Waals surface area contributed by atoms with Crippen molar-refractivity contribution in [2.75, 3.05) is 24.5 Å². The maximum atomic E-state index is 12.3. The number of carbonyl (C=O) groups is 1. The first-order chi connectivity index (χ1) is 11.1. The largest absolute Gasteiger partial charge is 0.356 e. The predicted octanol–water partition coefficient (Wildman–Crippen LogP) is 1.98. The molecular weight excluding hydrogens is 294 g/mol. The van der Waals surface area contributed by atoms with E-state index in [0.717, 1.165) is 49.2 Å². The minimum absolute atomic E-state index is 0.000729. The normalized spacial score (nSPS) is 18.4. The average Bonchev–Trinajstić information content (AvgIpc) is 2.93. The van der Waals surface area contributed by atoms with Gasteiger partial charge in [0.15, 0.2) is 0 Å². The van der Waals surface area contributed by atoms with Crippen molar-refractivity contribution in [1.29, 1.82) is 0 Å². The van der Waals surface area contributed by atoms with E-state index in [1.54, 1.807) is 0 Å². The van der Waals surface area contributed by atoms with E-state index >= 15 is 0 Å². The van der Waals surface area contributed by atoms with E-state index < -0.39 is 0 Å². The Labute approximate surface area is 135 Å². The zero-order valence-electron chi connectivity index (χ0n) is 13.9. The Morgan fingerprint density at radius 3 is 3.00 bits per heavy atom. The number of nitrogens with zero attached hydrogens (tertiary/aromatic N) is 4. The van der Waals surface area contributed by atoms with E-state index in [1.165, 1.54) is 0 Å². The van der Waals surface area contributed by atoms with Crippen molar-refractivity contribution >= 4 is 22.8 Å². The summed E-state index contributed by atoms with van der Waals surface area (Å²) in [6, 6.07) is 0. The van der Waals surface area contributed by atoms with Gasteiger partial charge in [-0.2, -0.15) is 4.98 Å². The van der Waals surface area contributed by atoms with Gasteiger partial charge in [0.05, 0.1) is 11.6 Å². The van der Waals surface area contributed by atoms with Crippen molar-refractivity contribution in [2.24, 2.45) is 5.92 Å². The third-order valence-corrected chi connectivity index (χ3v) is 4.24. The fourth-order valence-electron chi connectivity index (χ4n) is 3.08. The summed E-state index contributed by atoms with van der Waals surface area (Å²) in [6.07, 6.45) is 2.84. The van der Waals surface area contributed by atoms with Gasteiger partial charge in [0, 0.05) is 19.6 Å². The topological polar surface area (TPSA) is 84.2 Å². The van der Waals surface area contributed by atoms with Crippen molar-refractivity contribution in [3.8, 4) is 0 Å². The van der Waals surface area contributed by atoms with Gasteiger partial charge in [0.2, 0.25) is 5.91 Å². The lowest BCUT2D eigenvalue weighted by Crippen LogP contribution is -2.43. The molecule has 3 heterocycles. The number of fused-ring (bicyclic) bond motifs is 1. The third kappa shape index (κ3) is 3.13. The Kier molecular flexibility index (Phi) is 4.45. The molecule has 2 aromatic rings. The van der Waals surface area contributed by atoms with Crippen molar-refractivity contribution in [2.45, 2.75) is 40.0 Å². The predicted molar refractivity (Wildman–Crippen MR) is 87.3 cm³/mol. The monoisotopic (exact) mass is 317 g/mol. The third-order valence-electron chi connectivity index (χ3n) is 4.24. The molecule has 1 aliphatic rings. The number of nitrogens with one attached hydrogen (secondary N) is 1. The molecule has 0 unspecified atom stereocenters. The zero-order valence-corrected chi connectivity index (χ0v) is 13.9. The number of rotatable bonds is 4. The first kappa shape index (κ1) is 15.7. The fraction of sp³-hybridized carbons (Fsp3) is 0.625. The lowest BCUT2D eigenvalue weighted by Gasteiger charge is -2.33. The highest BCUT2D eigenvalue weighted by atomic mass is 16.5. The number of anilines is 1. The maximum absolute atomic E-state index is 12.3. The average molecular weight is 317 g/mol. The van der Waals surface area contributed by atoms with Gasteiger partial charge < -0.3 is 14.7 Å². The number of hydrogen-bond acceptors (Lipinski definition) is 6. The lowest BCUT2D eigenvalue weighted by atomic mass is 9.97. The van der Waals surface area contributed by atoms with Crippen LogP contribution in [0.2, 0.25) is 0 Å². The van der Waals surface area contributed by atoms with Gasteiger partial charge >= 0.3 is 0 Å². The molecule has 7 nitrogen and oxygen atoms in total. The molecule has 0 bridgehead atoms. The summed E-state index contributed by atoms with van der Waals surface area (Å²) < 4.78 is 5.28. The van der Waals surface area contributed by atoms with Crippen molar-refractivity contribution in [3.63, 3.8) is 0 Å². The van der Waals surface area contributed by atoms with Crippen LogP contribution in [0.3, 0.4) is 0 Å². The smallest absolute Gasteiger partial charge is 0.263 e. The van der Waals surface area contributed by atoms with Crippen LogP contribution in [-0.4, -0.2) is 40.7 Å². The lowest BCUT2D eigenvalue weighted by molar-refractivity contribution is -0.125. The summed E-state index contributed by atoms with van der Waals surface area (Å²) in [5, 5.41) is 7.86. The quantitative estimate of drug-likeness (QED) is 0.928. The van der Waals surface area contributed by atoms with Gasteiger partial charge in [0.1, 0.15) is 17.0 Å². The Balaban J connectivity index is 1.87. The van der Waals surface area contributed by atoms with E-state index in [4.69, 9.17) is 4.52 Å². The van der Waals surface area contributed by atoms with E-state index in [-0.39, 0.29) is 11.8 Å². The van der Waals surface area contributed by atoms with Crippen LogP contribution in [0.4, 0.5) is 5.82 Å². The van der Waals surface area contributed by atoms with Crippen molar-refractivity contribution in [3.05, 3.63) is 11.5 Å². The highest BCUT2D eigenvalue weighted by Gasteiger charge is 2.28. The Morgan fingerprint density at radius 2 is 2.22 bits per heavy atom. The Hall–Kier alpha value is -2.18. The molecule has 1 aliphatic heterocycles. The Morgan fingerprint density at radius 1 is 1.39 bits per heavy atom. The van der Waals surface area contributed by atoms with Crippen LogP contribution < -0.4 is 10.2 Å². The molecule has 1 fully saturated rings. The van der Waals surface area contributed by atoms with Gasteiger partial charge in [-0.15, -0.1) is 0 Å². The molecule has 3 rings (SSSR count). The van der Waals surface area contributed by atoms with Crippen molar-refractivity contribution < 1.29 is 9.32 Å². The summed E-state index contributed by atoms with van der Waals surface area (Å²) in [5.74, 6) is 1.63. The first-order valence-electron chi connectivity index (χ1n) is 8.23. The standard InChI is InChI=1S/C16H23N5O2/c1-4-7-17-15(22)12-6-5-8-21(9-12)14-13-10(2)20-23-16(13)19-11(3)18-14/h12H,4-9H2,1-3H3,(H,17,22)/t12-/m0/s1. The van der Waals surface area contributed by atoms with Gasteiger partial charge in [-0.25, -0.2) is 4.98 Å². The first-order valence-corrected chi connectivity index (χ1v) is 8.23. The summed E-state index contributed by atoms with van der Waals surface area (Å²) in [4.78, 5) is 23.3. The second-order valence-corrected chi connectivity index (χ2v) is 6.12. The van der Waals surface area contributed by atoms with Gasteiger partial charge in [0.25, 0.3) is 5.71 Å². The molecule has 2 aromatic heterocycles. The molecule has 0 saturated carbocycles. The van der Waals surface area contributed by atoms with Crippen LogP contribution in [0.5, 0.6) is 0 Å². The van der Waals surface area contributed by atoms with Crippen LogP contribution in [0.1, 0.15) is 37.7 Å². The molecule has 1 saturated heterocycles. The molecule has 1 atom stereocenters. The number of amides is 1. The number of hydrogen-bond donors (Lipinski definition) is 1. The molecule has 7 heteroatoms.